The Labute approximate surface area is 115 Å². The van der Waals surface area contributed by atoms with Crippen molar-refractivity contribution < 1.29 is 5.11 Å². The van der Waals surface area contributed by atoms with Gasteiger partial charge in [-0.2, -0.15) is 16.9 Å². The SMILES string of the molecule is Cn1cc(Cn2cc(CC3(O)CCSC3)nn2)cn1. The lowest BCUT2D eigenvalue weighted by molar-refractivity contribution is 0.0676. The van der Waals surface area contributed by atoms with E-state index < -0.39 is 5.60 Å². The molecule has 0 radical (unpaired) electrons. The molecule has 19 heavy (non-hydrogen) atoms. The highest BCUT2D eigenvalue weighted by atomic mass is 32.2. The summed E-state index contributed by atoms with van der Waals surface area (Å²) in [5.74, 6) is 1.82. The van der Waals surface area contributed by atoms with Crippen LogP contribution in [-0.4, -0.2) is 47.0 Å². The Hall–Kier alpha value is -1.34. The number of hydrogen-bond acceptors (Lipinski definition) is 5. The van der Waals surface area contributed by atoms with Gasteiger partial charge in [0, 0.05) is 37.2 Å². The van der Waals surface area contributed by atoms with Gasteiger partial charge in [0.1, 0.15) is 0 Å². The van der Waals surface area contributed by atoms with E-state index in [1.165, 1.54) is 0 Å². The van der Waals surface area contributed by atoms with Crippen molar-refractivity contribution in [1.29, 1.82) is 0 Å². The highest BCUT2D eigenvalue weighted by Gasteiger charge is 2.32. The van der Waals surface area contributed by atoms with Gasteiger partial charge in [0.15, 0.2) is 0 Å². The van der Waals surface area contributed by atoms with Crippen LogP contribution in [0, 0.1) is 0 Å². The molecule has 2 aromatic heterocycles. The molecule has 1 N–H and O–H groups in total. The van der Waals surface area contributed by atoms with E-state index in [9.17, 15) is 5.11 Å². The Morgan fingerprint density at radius 1 is 1.47 bits per heavy atom. The quantitative estimate of drug-likeness (QED) is 0.881. The fraction of sp³-hybridized carbons (Fsp3) is 0.583. The molecule has 1 fully saturated rings. The smallest absolute Gasteiger partial charge is 0.0856 e. The van der Waals surface area contributed by atoms with Crippen molar-refractivity contribution in [3.8, 4) is 0 Å². The Bertz CT molecular complexity index is 558. The molecule has 1 atom stereocenters. The number of thioether (sulfide) groups is 1. The second-order valence-corrected chi connectivity index (χ2v) is 6.24. The third kappa shape index (κ3) is 2.98. The summed E-state index contributed by atoms with van der Waals surface area (Å²) < 4.78 is 3.56. The highest BCUT2D eigenvalue weighted by Crippen LogP contribution is 2.30. The van der Waals surface area contributed by atoms with E-state index in [4.69, 9.17) is 0 Å². The Morgan fingerprint density at radius 2 is 2.37 bits per heavy atom. The number of rotatable bonds is 4. The van der Waals surface area contributed by atoms with Crippen LogP contribution in [-0.2, 0) is 20.0 Å². The second-order valence-electron chi connectivity index (χ2n) is 5.13. The van der Waals surface area contributed by atoms with Crippen molar-refractivity contribution >= 4 is 11.8 Å². The summed E-state index contributed by atoms with van der Waals surface area (Å²) in [6, 6.07) is 0. The first-order chi connectivity index (χ1) is 9.13. The molecule has 7 heteroatoms. The zero-order valence-electron chi connectivity index (χ0n) is 10.9. The molecule has 0 aromatic carbocycles. The number of nitrogens with zero attached hydrogens (tertiary/aromatic N) is 5. The van der Waals surface area contributed by atoms with Gasteiger partial charge in [0.25, 0.3) is 0 Å². The Balaban J connectivity index is 1.66. The minimum Gasteiger partial charge on any atom is -0.389 e. The van der Waals surface area contributed by atoms with E-state index in [0.717, 1.165) is 29.2 Å². The lowest BCUT2D eigenvalue weighted by Gasteiger charge is -2.18. The lowest BCUT2D eigenvalue weighted by Crippen LogP contribution is -2.30. The van der Waals surface area contributed by atoms with E-state index in [1.54, 1.807) is 21.1 Å². The van der Waals surface area contributed by atoms with Crippen molar-refractivity contribution in [3.05, 3.63) is 29.8 Å². The van der Waals surface area contributed by atoms with Crippen LogP contribution >= 0.6 is 11.8 Å². The van der Waals surface area contributed by atoms with Crippen LogP contribution in [0.1, 0.15) is 17.7 Å². The number of aromatic nitrogens is 5. The van der Waals surface area contributed by atoms with E-state index in [1.807, 2.05) is 25.6 Å². The molecule has 0 aliphatic carbocycles. The average Bonchev–Trinajstić information content (AvgIpc) is 3.04. The van der Waals surface area contributed by atoms with Crippen molar-refractivity contribution in [2.24, 2.45) is 7.05 Å². The van der Waals surface area contributed by atoms with Gasteiger partial charge in [-0.3, -0.25) is 4.68 Å². The van der Waals surface area contributed by atoms with E-state index >= 15 is 0 Å². The van der Waals surface area contributed by atoms with E-state index in [-0.39, 0.29) is 0 Å². The van der Waals surface area contributed by atoms with Crippen LogP contribution in [0.15, 0.2) is 18.6 Å². The molecular weight excluding hydrogens is 262 g/mol. The van der Waals surface area contributed by atoms with Crippen molar-refractivity contribution in [3.63, 3.8) is 0 Å². The summed E-state index contributed by atoms with van der Waals surface area (Å²) in [4.78, 5) is 0. The molecule has 102 valence electrons. The zero-order valence-corrected chi connectivity index (χ0v) is 11.7. The van der Waals surface area contributed by atoms with Crippen LogP contribution in [0.25, 0.3) is 0 Å². The van der Waals surface area contributed by atoms with Crippen LogP contribution in [0.4, 0.5) is 0 Å². The van der Waals surface area contributed by atoms with Gasteiger partial charge in [-0.05, 0) is 12.2 Å². The molecule has 1 aliphatic rings. The van der Waals surface area contributed by atoms with Gasteiger partial charge in [0.05, 0.1) is 24.0 Å². The Kier molecular flexibility index (Phi) is 3.32. The predicted molar refractivity (Wildman–Crippen MR) is 72.9 cm³/mol. The lowest BCUT2D eigenvalue weighted by atomic mass is 9.98. The standard InChI is InChI=1S/C12H17N5OS/c1-16-6-10(5-13-16)7-17-8-11(14-15-17)4-12(18)2-3-19-9-12/h5-6,8,18H,2-4,7,9H2,1H3. The van der Waals surface area contributed by atoms with Gasteiger partial charge in [-0.15, -0.1) is 5.10 Å². The second kappa shape index (κ2) is 4.97. The van der Waals surface area contributed by atoms with Crippen molar-refractivity contribution in [2.75, 3.05) is 11.5 Å². The van der Waals surface area contributed by atoms with E-state index in [0.29, 0.717) is 13.0 Å². The zero-order chi connectivity index (χ0) is 13.3. The topological polar surface area (TPSA) is 68.8 Å². The first-order valence-corrected chi connectivity index (χ1v) is 7.45. The van der Waals surface area contributed by atoms with Gasteiger partial charge in [-0.1, -0.05) is 5.21 Å². The highest BCUT2D eigenvalue weighted by molar-refractivity contribution is 7.99. The molecule has 6 nitrogen and oxygen atoms in total. The summed E-state index contributed by atoms with van der Waals surface area (Å²) in [5, 5.41) is 22.7. The van der Waals surface area contributed by atoms with E-state index in [2.05, 4.69) is 15.4 Å². The first kappa shape index (κ1) is 12.7. The molecular formula is C12H17N5OS. The number of aliphatic hydroxyl groups is 1. The molecule has 1 saturated heterocycles. The molecule has 0 saturated carbocycles. The van der Waals surface area contributed by atoms with Crippen molar-refractivity contribution in [2.45, 2.75) is 25.0 Å². The summed E-state index contributed by atoms with van der Waals surface area (Å²) in [5.41, 5.74) is 1.35. The third-order valence-electron chi connectivity index (χ3n) is 3.28. The molecule has 0 spiro atoms. The van der Waals surface area contributed by atoms with Crippen LogP contribution in [0.3, 0.4) is 0 Å². The van der Waals surface area contributed by atoms with Crippen molar-refractivity contribution in [1.82, 2.24) is 24.8 Å². The number of aryl methyl sites for hydroxylation is 1. The molecule has 1 unspecified atom stereocenters. The van der Waals surface area contributed by atoms with Crippen LogP contribution in [0.5, 0.6) is 0 Å². The summed E-state index contributed by atoms with van der Waals surface area (Å²) in [7, 11) is 1.89. The van der Waals surface area contributed by atoms with Gasteiger partial charge >= 0.3 is 0 Å². The Morgan fingerprint density at radius 3 is 3.05 bits per heavy atom. The summed E-state index contributed by atoms with van der Waals surface area (Å²) >= 11 is 1.80. The molecule has 1 aliphatic heterocycles. The predicted octanol–water partition coefficient (Wildman–Crippen LogP) is 0.470. The maximum atomic E-state index is 10.3. The number of hydrogen-bond donors (Lipinski definition) is 1. The fourth-order valence-electron chi connectivity index (χ4n) is 2.31. The molecule has 0 bridgehead atoms. The molecule has 3 rings (SSSR count). The minimum atomic E-state index is -0.597. The monoisotopic (exact) mass is 279 g/mol. The third-order valence-corrected chi connectivity index (χ3v) is 4.52. The molecule has 2 aromatic rings. The first-order valence-electron chi connectivity index (χ1n) is 6.30. The van der Waals surface area contributed by atoms with Gasteiger partial charge in [0.2, 0.25) is 0 Å². The minimum absolute atomic E-state index is 0.590. The molecule has 3 heterocycles. The van der Waals surface area contributed by atoms with Gasteiger partial charge in [-0.25, -0.2) is 4.68 Å². The fourth-order valence-corrected chi connectivity index (χ4v) is 3.61. The van der Waals surface area contributed by atoms with Gasteiger partial charge < -0.3 is 5.11 Å². The summed E-state index contributed by atoms with van der Waals surface area (Å²) in [6.07, 6.45) is 7.12. The normalized spacial score (nSPS) is 23.1. The maximum absolute atomic E-state index is 10.3. The maximum Gasteiger partial charge on any atom is 0.0856 e. The average molecular weight is 279 g/mol. The largest absolute Gasteiger partial charge is 0.389 e. The molecule has 0 amide bonds. The van der Waals surface area contributed by atoms with Crippen LogP contribution in [0.2, 0.25) is 0 Å². The van der Waals surface area contributed by atoms with Crippen LogP contribution < -0.4 is 0 Å². The summed E-state index contributed by atoms with van der Waals surface area (Å²) in [6.45, 7) is 0.661.